The number of amides is 1. The average molecular weight is 277 g/mol. The molecule has 2 aliphatic rings. The minimum atomic E-state index is 0.146. The highest BCUT2D eigenvalue weighted by Crippen LogP contribution is 2.21. The molecular formula is C14H23N5O. The Bertz CT molecular complexity index is 458. The molecule has 0 spiro atoms. The van der Waals surface area contributed by atoms with E-state index in [4.69, 9.17) is 5.73 Å². The molecule has 0 bridgehead atoms. The normalized spacial score (nSPS) is 21.5. The molecule has 0 saturated carbocycles. The first-order valence-electron chi connectivity index (χ1n) is 7.52. The van der Waals surface area contributed by atoms with Crippen molar-refractivity contribution in [3.05, 3.63) is 12.4 Å². The van der Waals surface area contributed by atoms with Crippen molar-refractivity contribution < 1.29 is 4.79 Å². The summed E-state index contributed by atoms with van der Waals surface area (Å²) in [4.78, 5) is 16.8. The topological polar surface area (TPSA) is 67.4 Å². The van der Waals surface area contributed by atoms with Crippen LogP contribution in [-0.2, 0) is 11.3 Å². The Hall–Kier alpha value is -1.56. The van der Waals surface area contributed by atoms with Gasteiger partial charge >= 0.3 is 0 Å². The van der Waals surface area contributed by atoms with E-state index in [2.05, 4.69) is 10.00 Å². The van der Waals surface area contributed by atoms with Crippen LogP contribution < -0.4 is 5.73 Å². The fraction of sp³-hybridized carbons (Fsp3) is 0.714. The maximum absolute atomic E-state index is 12.2. The number of nitrogen functional groups attached to an aromatic ring is 1. The van der Waals surface area contributed by atoms with Gasteiger partial charge in [0.25, 0.3) is 0 Å². The van der Waals surface area contributed by atoms with E-state index in [1.54, 1.807) is 17.1 Å². The molecule has 1 aromatic rings. The van der Waals surface area contributed by atoms with Crippen LogP contribution >= 0.6 is 0 Å². The Morgan fingerprint density at radius 1 is 1.25 bits per heavy atom. The summed E-state index contributed by atoms with van der Waals surface area (Å²) in [6, 6.07) is 0.682. The first-order valence-corrected chi connectivity index (χ1v) is 7.52. The number of carbonyl (C=O) groups excluding carboxylic acids is 1. The van der Waals surface area contributed by atoms with E-state index in [-0.39, 0.29) is 5.91 Å². The van der Waals surface area contributed by atoms with Crippen molar-refractivity contribution >= 4 is 11.6 Å². The number of anilines is 1. The number of nitrogens with two attached hydrogens (primary N) is 1. The molecule has 3 heterocycles. The van der Waals surface area contributed by atoms with Crippen LogP contribution in [0.2, 0.25) is 0 Å². The van der Waals surface area contributed by atoms with Gasteiger partial charge < -0.3 is 15.5 Å². The van der Waals surface area contributed by atoms with Crippen LogP contribution in [0.5, 0.6) is 0 Å². The van der Waals surface area contributed by atoms with Crippen LogP contribution in [0.3, 0.4) is 0 Å². The molecule has 6 nitrogen and oxygen atoms in total. The largest absolute Gasteiger partial charge is 0.396 e. The smallest absolute Gasteiger partial charge is 0.244 e. The van der Waals surface area contributed by atoms with Crippen LogP contribution in [0.15, 0.2) is 12.4 Å². The molecule has 2 fully saturated rings. The number of rotatable bonds is 3. The molecule has 0 radical (unpaired) electrons. The third-order valence-electron chi connectivity index (χ3n) is 4.42. The molecule has 0 unspecified atom stereocenters. The van der Waals surface area contributed by atoms with Crippen LogP contribution in [-0.4, -0.2) is 57.7 Å². The van der Waals surface area contributed by atoms with Gasteiger partial charge in [0.15, 0.2) is 0 Å². The second kappa shape index (κ2) is 5.83. The van der Waals surface area contributed by atoms with Gasteiger partial charge in [0.05, 0.1) is 11.9 Å². The Labute approximate surface area is 119 Å². The second-order valence-electron chi connectivity index (χ2n) is 5.83. The number of hydrogen-bond donors (Lipinski definition) is 1. The summed E-state index contributed by atoms with van der Waals surface area (Å²) in [6.07, 6.45) is 8.15. The van der Waals surface area contributed by atoms with Gasteiger partial charge in [-0.25, -0.2) is 0 Å². The number of likely N-dealkylation sites (tertiary alicyclic amines) is 2. The van der Waals surface area contributed by atoms with Crippen LogP contribution in [0.25, 0.3) is 0 Å². The second-order valence-corrected chi connectivity index (χ2v) is 5.83. The summed E-state index contributed by atoms with van der Waals surface area (Å²) < 4.78 is 1.62. The van der Waals surface area contributed by atoms with Gasteiger partial charge in [-0.3, -0.25) is 9.48 Å². The number of carbonyl (C=O) groups is 1. The van der Waals surface area contributed by atoms with E-state index in [9.17, 15) is 4.79 Å². The number of hydrogen-bond acceptors (Lipinski definition) is 4. The van der Waals surface area contributed by atoms with Crippen LogP contribution in [0.4, 0.5) is 5.69 Å². The predicted molar refractivity (Wildman–Crippen MR) is 77.0 cm³/mol. The third-order valence-corrected chi connectivity index (χ3v) is 4.42. The summed E-state index contributed by atoms with van der Waals surface area (Å²) in [7, 11) is 0. The minimum Gasteiger partial charge on any atom is -0.396 e. The average Bonchev–Trinajstić information content (AvgIpc) is 3.11. The van der Waals surface area contributed by atoms with Crippen molar-refractivity contribution in [3.63, 3.8) is 0 Å². The van der Waals surface area contributed by atoms with E-state index >= 15 is 0 Å². The van der Waals surface area contributed by atoms with E-state index < -0.39 is 0 Å². The first kappa shape index (κ1) is 13.4. The minimum absolute atomic E-state index is 0.146. The lowest BCUT2D eigenvalue weighted by Crippen LogP contribution is -2.46. The molecule has 2 N–H and O–H groups in total. The van der Waals surface area contributed by atoms with E-state index in [0.29, 0.717) is 18.3 Å². The zero-order chi connectivity index (χ0) is 13.9. The standard InChI is InChI=1S/C14H23N5O/c15-12-9-16-19(10-12)11-14(20)18-7-3-13(4-8-18)17-5-1-2-6-17/h9-10,13H,1-8,11,15H2. The lowest BCUT2D eigenvalue weighted by Gasteiger charge is -2.36. The number of nitrogens with zero attached hydrogens (tertiary/aromatic N) is 4. The van der Waals surface area contributed by atoms with Gasteiger partial charge in [0.1, 0.15) is 6.54 Å². The number of piperidine rings is 1. The fourth-order valence-electron chi connectivity index (χ4n) is 3.29. The Morgan fingerprint density at radius 3 is 2.55 bits per heavy atom. The quantitative estimate of drug-likeness (QED) is 0.876. The number of aromatic nitrogens is 2. The van der Waals surface area contributed by atoms with Gasteiger partial charge in [-0.05, 0) is 38.8 Å². The van der Waals surface area contributed by atoms with Gasteiger partial charge in [0.2, 0.25) is 5.91 Å². The van der Waals surface area contributed by atoms with Gasteiger partial charge in [-0.1, -0.05) is 0 Å². The molecular weight excluding hydrogens is 254 g/mol. The SMILES string of the molecule is Nc1cnn(CC(=O)N2CCC(N3CCCC3)CC2)c1. The first-order chi connectivity index (χ1) is 9.72. The van der Waals surface area contributed by atoms with Crippen LogP contribution in [0.1, 0.15) is 25.7 Å². The lowest BCUT2D eigenvalue weighted by atomic mass is 10.0. The van der Waals surface area contributed by atoms with Gasteiger partial charge in [-0.2, -0.15) is 5.10 Å². The van der Waals surface area contributed by atoms with Crippen molar-refractivity contribution in [2.45, 2.75) is 38.3 Å². The molecule has 3 rings (SSSR count). The van der Waals surface area contributed by atoms with Crippen molar-refractivity contribution in [2.75, 3.05) is 31.9 Å². The summed E-state index contributed by atoms with van der Waals surface area (Å²) in [5, 5.41) is 4.06. The molecule has 1 aromatic heterocycles. The molecule has 0 aromatic carbocycles. The predicted octanol–water partition coefficient (Wildman–Crippen LogP) is 0.552. The monoisotopic (exact) mass is 277 g/mol. The Balaban J connectivity index is 1.48. The molecule has 0 aliphatic carbocycles. The van der Waals surface area contributed by atoms with Crippen molar-refractivity contribution in [2.24, 2.45) is 0 Å². The maximum atomic E-state index is 12.2. The Morgan fingerprint density at radius 2 is 1.95 bits per heavy atom. The van der Waals surface area contributed by atoms with Crippen LogP contribution in [0, 0.1) is 0 Å². The van der Waals surface area contributed by atoms with Crippen molar-refractivity contribution in [3.8, 4) is 0 Å². The Kier molecular flexibility index (Phi) is 3.91. The zero-order valence-electron chi connectivity index (χ0n) is 11.9. The summed E-state index contributed by atoms with van der Waals surface area (Å²) in [6.45, 7) is 4.52. The molecule has 20 heavy (non-hydrogen) atoms. The van der Waals surface area contributed by atoms with Gasteiger partial charge in [-0.15, -0.1) is 0 Å². The highest BCUT2D eigenvalue weighted by molar-refractivity contribution is 5.76. The summed E-state index contributed by atoms with van der Waals surface area (Å²) in [5.41, 5.74) is 6.21. The van der Waals surface area contributed by atoms with E-state index in [1.807, 2.05) is 4.90 Å². The third kappa shape index (κ3) is 2.95. The highest BCUT2D eigenvalue weighted by Gasteiger charge is 2.28. The fourth-order valence-corrected chi connectivity index (χ4v) is 3.29. The highest BCUT2D eigenvalue weighted by atomic mass is 16.2. The van der Waals surface area contributed by atoms with Crippen molar-refractivity contribution in [1.82, 2.24) is 19.6 Å². The van der Waals surface area contributed by atoms with E-state index in [0.717, 1.165) is 25.9 Å². The molecule has 2 aliphatic heterocycles. The molecule has 6 heteroatoms. The zero-order valence-corrected chi connectivity index (χ0v) is 11.9. The maximum Gasteiger partial charge on any atom is 0.244 e. The van der Waals surface area contributed by atoms with E-state index in [1.165, 1.54) is 25.9 Å². The molecule has 110 valence electrons. The summed E-state index contributed by atoms with van der Waals surface area (Å²) >= 11 is 0. The summed E-state index contributed by atoms with van der Waals surface area (Å²) in [5.74, 6) is 0.146. The molecule has 1 amide bonds. The molecule has 2 saturated heterocycles. The lowest BCUT2D eigenvalue weighted by molar-refractivity contribution is -0.133. The van der Waals surface area contributed by atoms with Gasteiger partial charge in [0, 0.05) is 25.3 Å². The van der Waals surface area contributed by atoms with Crippen molar-refractivity contribution in [1.29, 1.82) is 0 Å². The molecule has 0 atom stereocenters.